The number of nitrogens with one attached hydrogen (secondary N) is 2. The molecule has 2 aliphatic carbocycles. The van der Waals surface area contributed by atoms with E-state index in [1.54, 1.807) is 23.5 Å². The van der Waals surface area contributed by atoms with E-state index in [4.69, 9.17) is 9.47 Å². The molecule has 0 heterocycles. The molecule has 1 fully saturated rings. The van der Waals surface area contributed by atoms with Gasteiger partial charge in [-0.1, -0.05) is 12.2 Å². The van der Waals surface area contributed by atoms with Crippen molar-refractivity contribution in [2.75, 3.05) is 38.2 Å². The summed E-state index contributed by atoms with van der Waals surface area (Å²) >= 11 is 3.15. The average Bonchev–Trinajstić information content (AvgIpc) is 3.39. The quantitative estimate of drug-likeness (QED) is 0.323. The molecule has 2 amide bonds. The van der Waals surface area contributed by atoms with Crippen molar-refractivity contribution in [2.24, 2.45) is 23.7 Å². The summed E-state index contributed by atoms with van der Waals surface area (Å²) in [6.45, 7) is 0. The molecule has 0 unspecified atom stereocenters. The van der Waals surface area contributed by atoms with Crippen LogP contribution >= 0.6 is 23.5 Å². The van der Waals surface area contributed by atoms with Gasteiger partial charge in [0.1, 0.15) is 12.1 Å². The zero-order valence-corrected chi connectivity index (χ0v) is 20.1. The number of methoxy groups -OCH3 is 2. The van der Waals surface area contributed by atoms with Crippen molar-refractivity contribution in [3.63, 3.8) is 0 Å². The van der Waals surface area contributed by atoms with Crippen LogP contribution in [0.15, 0.2) is 12.2 Å². The van der Waals surface area contributed by atoms with Gasteiger partial charge in [0.2, 0.25) is 11.8 Å². The Hall–Kier alpha value is -1.68. The van der Waals surface area contributed by atoms with E-state index in [1.807, 2.05) is 24.7 Å². The number of esters is 2. The largest absolute Gasteiger partial charge is 0.467 e. The molecule has 2 rings (SSSR count). The van der Waals surface area contributed by atoms with Crippen LogP contribution in [0, 0.1) is 23.7 Å². The number of hydrogen-bond donors (Lipinski definition) is 2. The van der Waals surface area contributed by atoms with Gasteiger partial charge in [0.05, 0.1) is 26.1 Å². The van der Waals surface area contributed by atoms with Gasteiger partial charge in [0, 0.05) is 0 Å². The number of fused-ring (bicyclic) bond motifs is 2. The Kier molecular flexibility index (Phi) is 10.2. The van der Waals surface area contributed by atoms with E-state index < -0.39 is 35.9 Å². The standard InChI is InChI=1S/C21H32N2O6S2/c1-28-20(26)14(7-9-30-3)22-18(24)16-12-5-6-13(11-12)17(16)19(25)23-15(8-10-31-4)21(27)29-2/h5-6,12-17H,7-11H2,1-4H3,(H,22,24)(H,23,25)/t12-,13+,14-,15-,16-,17+/m0/s1. The Labute approximate surface area is 192 Å². The van der Waals surface area contributed by atoms with Crippen LogP contribution in [0.4, 0.5) is 0 Å². The molecule has 0 aromatic rings. The van der Waals surface area contributed by atoms with Gasteiger partial charge >= 0.3 is 11.9 Å². The van der Waals surface area contributed by atoms with Gasteiger partial charge in [-0.3, -0.25) is 9.59 Å². The van der Waals surface area contributed by atoms with E-state index >= 15 is 0 Å². The van der Waals surface area contributed by atoms with Gasteiger partial charge in [-0.05, 0) is 55.1 Å². The zero-order valence-electron chi connectivity index (χ0n) is 18.4. The number of ether oxygens (including phenoxy) is 2. The Bertz CT molecular complexity index is 645. The van der Waals surface area contributed by atoms with Crippen molar-refractivity contribution in [1.29, 1.82) is 0 Å². The summed E-state index contributed by atoms with van der Waals surface area (Å²) in [5, 5.41) is 5.60. The van der Waals surface area contributed by atoms with Gasteiger partial charge in [0.25, 0.3) is 0 Å². The lowest BCUT2D eigenvalue weighted by atomic mass is 9.81. The first-order valence-corrected chi connectivity index (χ1v) is 13.1. The molecule has 10 heteroatoms. The number of carbonyl (C=O) groups excluding carboxylic acids is 4. The summed E-state index contributed by atoms with van der Waals surface area (Å²) in [5.41, 5.74) is 0. The van der Waals surface area contributed by atoms with Crippen LogP contribution < -0.4 is 10.6 Å². The van der Waals surface area contributed by atoms with Crippen LogP contribution in [-0.2, 0) is 28.7 Å². The number of hydrogen-bond acceptors (Lipinski definition) is 8. The van der Waals surface area contributed by atoms with Crippen LogP contribution in [0.2, 0.25) is 0 Å². The second-order valence-corrected chi connectivity index (χ2v) is 9.70. The number of allylic oxidation sites excluding steroid dienone is 2. The third-order valence-corrected chi connectivity index (χ3v) is 7.18. The topological polar surface area (TPSA) is 111 Å². The summed E-state index contributed by atoms with van der Waals surface area (Å²) in [7, 11) is 2.58. The van der Waals surface area contributed by atoms with E-state index in [-0.39, 0.29) is 23.7 Å². The summed E-state index contributed by atoms with van der Waals surface area (Å²) in [5.74, 6) is -1.57. The van der Waals surface area contributed by atoms with Crippen molar-refractivity contribution >= 4 is 47.3 Å². The van der Waals surface area contributed by atoms with Gasteiger partial charge < -0.3 is 20.1 Å². The zero-order chi connectivity index (χ0) is 23.0. The number of thioether (sulfide) groups is 2. The molecule has 0 aromatic heterocycles. The lowest BCUT2D eigenvalue weighted by molar-refractivity contribution is -0.148. The predicted octanol–water partition coefficient (Wildman–Crippen LogP) is 1.25. The normalized spacial score (nSPS) is 25.5. The molecule has 2 N–H and O–H groups in total. The van der Waals surface area contributed by atoms with E-state index in [0.29, 0.717) is 30.8 Å². The lowest BCUT2D eigenvalue weighted by Gasteiger charge is -2.29. The molecule has 2 aliphatic rings. The first-order valence-electron chi connectivity index (χ1n) is 10.3. The third kappa shape index (κ3) is 6.41. The molecule has 0 aromatic carbocycles. The summed E-state index contributed by atoms with van der Waals surface area (Å²) in [4.78, 5) is 50.5. The summed E-state index contributed by atoms with van der Waals surface area (Å²) in [6, 6.07) is -1.50. The van der Waals surface area contributed by atoms with Crippen molar-refractivity contribution in [3.05, 3.63) is 12.2 Å². The fourth-order valence-electron chi connectivity index (χ4n) is 4.33. The lowest BCUT2D eigenvalue weighted by Crippen LogP contribution is -2.51. The Morgan fingerprint density at radius 2 is 1.23 bits per heavy atom. The van der Waals surface area contributed by atoms with Crippen LogP contribution in [0.25, 0.3) is 0 Å². The second-order valence-electron chi connectivity index (χ2n) is 7.73. The molecule has 6 atom stereocenters. The minimum absolute atomic E-state index is 0.0672. The van der Waals surface area contributed by atoms with E-state index in [1.165, 1.54) is 14.2 Å². The highest BCUT2D eigenvalue weighted by molar-refractivity contribution is 7.98. The van der Waals surface area contributed by atoms with Crippen molar-refractivity contribution < 1.29 is 28.7 Å². The van der Waals surface area contributed by atoms with Crippen molar-refractivity contribution in [3.8, 4) is 0 Å². The molecular weight excluding hydrogens is 440 g/mol. The molecule has 0 radical (unpaired) electrons. The predicted molar refractivity (Wildman–Crippen MR) is 122 cm³/mol. The maximum atomic E-state index is 13.2. The first kappa shape index (κ1) is 25.6. The smallest absolute Gasteiger partial charge is 0.328 e. The van der Waals surface area contributed by atoms with E-state index in [9.17, 15) is 19.2 Å². The van der Waals surface area contributed by atoms with Gasteiger partial charge in [-0.15, -0.1) is 0 Å². The highest BCUT2D eigenvalue weighted by Gasteiger charge is 2.52. The molecule has 174 valence electrons. The van der Waals surface area contributed by atoms with Gasteiger partial charge in [-0.2, -0.15) is 23.5 Å². The van der Waals surface area contributed by atoms with E-state index in [0.717, 1.165) is 0 Å². The molecule has 0 spiro atoms. The van der Waals surface area contributed by atoms with Crippen LogP contribution in [0.3, 0.4) is 0 Å². The molecular formula is C21H32N2O6S2. The molecule has 1 saturated carbocycles. The average molecular weight is 473 g/mol. The first-order chi connectivity index (χ1) is 14.9. The fraction of sp³-hybridized carbons (Fsp3) is 0.714. The summed E-state index contributed by atoms with van der Waals surface area (Å²) < 4.78 is 9.66. The van der Waals surface area contributed by atoms with Crippen molar-refractivity contribution in [1.82, 2.24) is 10.6 Å². The minimum atomic E-state index is -0.749. The molecule has 2 bridgehead atoms. The highest BCUT2D eigenvalue weighted by atomic mass is 32.2. The molecule has 0 aliphatic heterocycles. The number of amides is 2. The maximum Gasteiger partial charge on any atom is 0.328 e. The van der Waals surface area contributed by atoms with Crippen LogP contribution in [0.1, 0.15) is 19.3 Å². The molecule has 31 heavy (non-hydrogen) atoms. The van der Waals surface area contributed by atoms with E-state index in [2.05, 4.69) is 10.6 Å². The molecule has 8 nitrogen and oxygen atoms in total. The number of rotatable bonds is 12. The minimum Gasteiger partial charge on any atom is -0.467 e. The second kappa shape index (κ2) is 12.4. The molecule has 0 saturated heterocycles. The number of carbonyl (C=O) groups is 4. The third-order valence-electron chi connectivity index (χ3n) is 5.89. The van der Waals surface area contributed by atoms with Crippen LogP contribution in [0.5, 0.6) is 0 Å². The monoisotopic (exact) mass is 472 g/mol. The highest BCUT2D eigenvalue weighted by Crippen LogP contribution is 2.48. The maximum absolute atomic E-state index is 13.2. The van der Waals surface area contributed by atoms with Crippen molar-refractivity contribution in [2.45, 2.75) is 31.3 Å². The Morgan fingerprint density at radius 1 is 0.839 bits per heavy atom. The Morgan fingerprint density at radius 3 is 1.55 bits per heavy atom. The van der Waals surface area contributed by atoms with Gasteiger partial charge in [-0.25, -0.2) is 9.59 Å². The Balaban J connectivity index is 2.14. The fourth-order valence-corrected chi connectivity index (χ4v) is 5.27. The summed E-state index contributed by atoms with van der Waals surface area (Å²) in [6.07, 6.45) is 9.40. The van der Waals surface area contributed by atoms with Crippen LogP contribution in [-0.4, -0.2) is 74.1 Å². The van der Waals surface area contributed by atoms with Gasteiger partial charge in [0.15, 0.2) is 0 Å². The SMILES string of the molecule is COC(=O)[C@H](CCSC)NC(=O)[C@@H]1[C@H](C(=O)N[C@@H](CCSC)C(=O)OC)[C@@H]2C=C[C@H]1C2.